The zero-order valence-electron chi connectivity index (χ0n) is 15.1. The van der Waals surface area contributed by atoms with Gasteiger partial charge in [-0.3, -0.25) is 4.98 Å². The van der Waals surface area contributed by atoms with Crippen LogP contribution >= 0.6 is 0 Å². The van der Waals surface area contributed by atoms with Gasteiger partial charge in [0.05, 0.1) is 23.1 Å². The lowest BCUT2D eigenvalue weighted by Gasteiger charge is -2.07. The van der Waals surface area contributed by atoms with Crippen molar-refractivity contribution >= 4 is 27.8 Å². The molecule has 1 aromatic heterocycles. The third kappa shape index (κ3) is 3.94. The summed E-state index contributed by atoms with van der Waals surface area (Å²) in [4.78, 5) is 4.26. The van der Waals surface area contributed by atoms with E-state index >= 15 is 0 Å². The molecule has 144 valence electrons. The molecule has 0 aliphatic carbocycles. The third-order valence-corrected chi connectivity index (χ3v) is 4.48. The topological polar surface area (TPSA) is 63.6 Å². The van der Waals surface area contributed by atoms with E-state index in [2.05, 4.69) is 15.2 Å². The maximum absolute atomic E-state index is 12.7. The molecular weight excluding hydrogens is 377 g/mol. The van der Waals surface area contributed by atoms with Crippen molar-refractivity contribution in [3.63, 3.8) is 0 Å². The molecule has 0 bridgehead atoms. The molecule has 7 heteroatoms. The van der Waals surface area contributed by atoms with E-state index in [0.29, 0.717) is 28.3 Å². The smallest absolute Gasteiger partial charge is 0.396 e. The third-order valence-electron chi connectivity index (χ3n) is 4.48. The van der Waals surface area contributed by atoms with E-state index < -0.39 is 11.7 Å². The zero-order chi connectivity index (χ0) is 20.4. The minimum absolute atomic E-state index is 0.508. The van der Waals surface area contributed by atoms with E-state index in [1.165, 1.54) is 18.3 Å². The highest BCUT2D eigenvalue weighted by Crippen LogP contribution is 2.33. The number of aromatic nitrogens is 1. The molecule has 1 heterocycles. The fourth-order valence-electron chi connectivity index (χ4n) is 2.93. The zero-order valence-corrected chi connectivity index (χ0v) is 15.1. The fourth-order valence-corrected chi connectivity index (χ4v) is 2.93. The summed E-state index contributed by atoms with van der Waals surface area (Å²) in [6.45, 7) is 0. The summed E-state index contributed by atoms with van der Waals surface area (Å²) in [6, 6.07) is 19.7. The van der Waals surface area contributed by atoms with Crippen molar-refractivity contribution in [2.75, 3.05) is 5.73 Å². The number of rotatable bonds is 3. The highest BCUT2D eigenvalue weighted by Gasteiger charge is 2.29. The molecule has 4 nitrogen and oxygen atoms in total. The van der Waals surface area contributed by atoms with Crippen molar-refractivity contribution in [3.8, 4) is 11.3 Å². The highest BCUT2D eigenvalue weighted by molar-refractivity contribution is 5.97. The van der Waals surface area contributed by atoms with Gasteiger partial charge >= 0.3 is 6.18 Å². The first-order valence-electron chi connectivity index (χ1n) is 8.74. The maximum Gasteiger partial charge on any atom is 0.416 e. The SMILES string of the molecule is Nc1c(N=Nc2ccc(-c3ccc(C(F)(F)F)cc3)nc2)ccc2ccccc12. The minimum atomic E-state index is -4.36. The van der Waals surface area contributed by atoms with Crippen LogP contribution in [0.15, 0.2) is 89.2 Å². The van der Waals surface area contributed by atoms with Gasteiger partial charge in [-0.15, -0.1) is 10.2 Å². The summed E-state index contributed by atoms with van der Waals surface area (Å²) >= 11 is 0. The number of nitrogen functional groups attached to an aromatic ring is 1. The Labute approximate surface area is 164 Å². The van der Waals surface area contributed by atoms with E-state index in [1.54, 1.807) is 18.2 Å². The monoisotopic (exact) mass is 392 g/mol. The lowest BCUT2D eigenvalue weighted by molar-refractivity contribution is -0.137. The van der Waals surface area contributed by atoms with Crippen LogP contribution in [0.1, 0.15) is 5.56 Å². The van der Waals surface area contributed by atoms with Gasteiger partial charge in [0.15, 0.2) is 0 Å². The first kappa shape index (κ1) is 18.6. The Morgan fingerprint density at radius 3 is 2.24 bits per heavy atom. The standard InChI is InChI=1S/C22H15F3N4/c23-22(24,25)16-8-5-15(6-9-16)19-12-10-17(13-27-19)28-29-20-11-7-14-3-1-2-4-18(14)21(20)26/h1-13H,26H2. The van der Waals surface area contributed by atoms with Gasteiger partial charge in [0.2, 0.25) is 0 Å². The van der Waals surface area contributed by atoms with Crippen molar-refractivity contribution in [2.45, 2.75) is 6.18 Å². The Morgan fingerprint density at radius 2 is 1.55 bits per heavy atom. The second kappa shape index (κ2) is 7.35. The fraction of sp³-hybridized carbons (Fsp3) is 0.0455. The lowest BCUT2D eigenvalue weighted by atomic mass is 10.1. The van der Waals surface area contributed by atoms with Gasteiger partial charge in [0.25, 0.3) is 0 Å². The van der Waals surface area contributed by atoms with E-state index in [9.17, 15) is 13.2 Å². The van der Waals surface area contributed by atoms with Gasteiger partial charge < -0.3 is 5.73 Å². The van der Waals surface area contributed by atoms with Gasteiger partial charge in [-0.2, -0.15) is 13.2 Å². The first-order chi connectivity index (χ1) is 13.9. The Bertz CT molecular complexity index is 1180. The molecule has 3 aromatic carbocycles. The summed E-state index contributed by atoms with van der Waals surface area (Å²) in [7, 11) is 0. The maximum atomic E-state index is 12.7. The van der Waals surface area contributed by atoms with Crippen LogP contribution in [0.3, 0.4) is 0 Å². The molecule has 4 aromatic rings. The van der Waals surface area contributed by atoms with Gasteiger partial charge in [0, 0.05) is 10.9 Å². The highest BCUT2D eigenvalue weighted by atomic mass is 19.4. The Morgan fingerprint density at radius 1 is 0.793 bits per heavy atom. The van der Waals surface area contributed by atoms with Crippen LogP contribution in [0.25, 0.3) is 22.0 Å². The predicted octanol–water partition coefficient (Wildman–Crippen LogP) is 6.92. The molecule has 29 heavy (non-hydrogen) atoms. The van der Waals surface area contributed by atoms with Gasteiger partial charge in [0.1, 0.15) is 11.4 Å². The average molecular weight is 392 g/mol. The Hall–Kier alpha value is -3.74. The van der Waals surface area contributed by atoms with Crippen LogP contribution in [-0.2, 0) is 6.18 Å². The quantitative estimate of drug-likeness (QED) is 0.304. The molecule has 0 spiro atoms. The lowest BCUT2D eigenvalue weighted by Crippen LogP contribution is -2.04. The number of nitrogens with two attached hydrogens (primary N) is 1. The number of alkyl halides is 3. The summed E-state index contributed by atoms with van der Waals surface area (Å²) in [5.74, 6) is 0. The molecule has 0 radical (unpaired) electrons. The molecule has 0 unspecified atom stereocenters. The molecule has 4 rings (SSSR count). The average Bonchev–Trinajstić information content (AvgIpc) is 2.73. The van der Waals surface area contributed by atoms with Crippen LogP contribution in [0.2, 0.25) is 0 Å². The van der Waals surface area contributed by atoms with Crippen LogP contribution in [0.4, 0.5) is 30.2 Å². The number of pyridine rings is 1. The molecule has 0 fully saturated rings. The second-order valence-corrected chi connectivity index (χ2v) is 6.40. The van der Waals surface area contributed by atoms with Crippen molar-refractivity contribution in [1.29, 1.82) is 0 Å². The number of hydrogen-bond acceptors (Lipinski definition) is 4. The van der Waals surface area contributed by atoms with Crippen LogP contribution < -0.4 is 5.73 Å². The molecule has 0 aliphatic rings. The molecule has 0 amide bonds. The van der Waals surface area contributed by atoms with Gasteiger partial charge in [-0.05, 0) is 35.7 Å². The molecule has 0 aliphatic heterocycles. The van der Waals surface area contributed by atoms with Crippen LogP contribution in [-0.4, -0.2) is 4.98 Å². The molecule has 0 atom stereocenters. The molecule has 2 N–H and O–H groups in total. The van der Waals surface area contributed by atoms with Crippen LogP contribution in [0.5, 0.6) is 0 Å². The number of nitrogens with zero attached hydrogens (tertiary/aromatic N) is 3. The van der Waals surface area contributed by atoms with E-state index in [-0.39, 0.29) is 0 Å². The number of benzene rings is 3. The van der Waals surface area contributed by atoms with Crippen molar-refractivity contribution in [1.82, 2.24) is 4.98 Å². The van der Waals surface area contributed by atoms with Gasteiger partial charge in [-0.1, -0.05) is 42.5 Å². The number of halogens is 3. The summed E-state index contributed by atoms with van der Waals surface area (Å²) in [5, 5.41) is 10.3. The molecule has 0 saturated carbocycles. The largest absolute Gasteiger partial charge is 0.416 e. The Balaban J connectivity index is 1.55. The molecule has 0 saturated heterocycles. The summed E-state index contributed by atoms with van der Waals surface area (Å²) < 4.78 is 38.0. The Kier molecular flexibility index (Phi) is 4.72. The summed E-state index contributed by atoms with van der Waals surface area (Å²) in [6.07, 6.45) is -2.85. The second-order valence-electron chi connectivity index (χ2n) is 6.40. The number of azo groups is 1. The van der Waals surface area contributed by atoms with E-state index in [1.807, 2.05) is 30.3 Å². The number of hydrogen-bond donors (Lipinski definition) is 1. The van der Waals surface area contributed by atoms with Crippen molar-refractivity contribution in [2.24, 2.45) is 10.2 Å². The molecular formula is C22H15F3N4. The summed E-state index contributed by atoms with van der Waals surface area (Å²) in [5.41, 5.74) is 8.21. The van der Waals surface area contributed by atoms with Gasteiger partial charge in [-0.25, -0.2) is 0 Å². The number of fused-ring (bicyclic) bond motifs is 1. The van der Waals surface area contributed by atoms with E-state index in [4.69, 9.17) is 5.73 Å². The van der Waals surface area contributed by atoms with Crippen molar-refractivity contribution in [3.05, 3.63) is 84.6 Å². The predicted molar refractivity (Wildman–Crippen MR) is 107 cm³/mol. The van der Waals surface area contributed by atoms with Crippen molar-refractivity contribution < 1.29 is 13.2 Å². The number of anilines is 1. The van der Waals surface area contributed by atoms with Crippen LogP contribution in [0, 0.1) is 0 Å². The van der Waals surface area contributed by atoms with E-state index in [0.717, 1.165) is 22.9 Å². The normalized spacial score (nSPS) is 12.0. The minimum Gasteiger partial charge on any atom is -0.396 e. The first-order valence-corrected chi connectivity index (χ1v) is 8.74.